The summed E-state index contributed by atoms with van der Waals surface area (Å²) in [6, 6.07) is 14.5. The number of carboxylic acids is 1. The molecule has 1 aliphatic rings. The highest BCUT2D eigenvalue weighted by Crippen LogP contribution is 2.43. The number of furan rings is 1. The van der Waals surface area contributed by atoms with Gasteiger partial charge in [-0.25, -0.2) is 4.79 Å². The Morgan fingerprint density at radius 2 is 1.76 bits per heavy atom. The lowest BCUT2D eigenvalue weighted by Crippen LogP contribution is -2.52. The number of aromatic nitrogens is 1. The first kappa shape index (κ1) is 28.0. The van der Waals surface area contributed by atoms with E-state index in [4.69, 9.17) is 9.52 Å². The smallest absolute Gasteiger partial charge is 0.328 e. The highest BCUT2D eigenvalue weighted by molar-refractivity contribution is 6.05. The van der Waals surface area contributed by atoms with Gasteiger partial charge < -0.3 is 24.7 Å². The first-order valence-corrected chi connectivity index (χ1v) is 13.9. The maximum Gasteiger partial charge on any atom is 0.328 e. The highest BCUT2D eigenvalue weighted by atomic mass is 16.4. The number of carbonyl (C=O) groups excluding carboxylic acids is 2. The molecule has 0 unspecified atom stereocenters. The second-order valence-electron chi connectivity index (χ2n) is 11.2. The molecular weight excluding hydrogens is 518 g/mol. The third-order valence-electron chi connectivity index (χ3n) is 7.89. The van der Waals surface area contributed by atoms with Crippen molar-refractivity contribution >= 4 is 40.4 Å². The van der Waals surface area contributed by atoms with Crippen LogP contribution in [0.4, 0.5) is 5.69 Å². The second kappa shape index (κ2) is 11.5. The number of amides is 2. The molecule has 1 aliphatic carbocycles. The summed E-state index contributed by atoms with van der Waals surface area (Å²) >= 11 is 0. The van der Waals surface area contributed by atoms with Gasteiger partial charge in [0.05, 0.1) is 18.2 Å². The number of aryl methyl sites for hydroxylation is 1. The van der Waals surface area contributed by atoms with Gasteiger partial charge in [0.25, 0.3) is 5.91 Å². The summed E-state index contributed by atoms with van der Waals surface area (Å²) < 4.78 is 7.58. The molecule has 3 N–H and O–H groups in total. The van der Waals surface area contributed by atoms with Gasteiger partial charge in [0.2, 0.25) is 5.91 Å². The number of carboxylic acid groups (broad SMARTS) is 1. The fourth-order valence-electron chi connectivity index (χ4n) is 5.70. The maximum absolute atomic E-state index is 13.4. The third-order valence-corrected chi connectivity index (χ3v) is 7.89. The van der Waals surface area contributed by atoms with Gasteiger partial charge in [-0.2, -0.15) is 0 Å². The molecule has 0 saturated heterocycles. The largest absolute Gasteiger partial charge is 0.478 e. The van der Waals surface area contributed by atoms with Crippen molar-refractivity contribution in [2.75, 3.05) is 5.32 Å². The van der Waals surface area contributed by atoms with Crippen LogP contribution in [-0.4, -0.2) is 33.0 Å². The molecule has 2 aromatic carbocycles. The van der Waals surface area contributed by atoms with E-state index in [1.54, 1.807) is 50.6 Å². The van der Waals surface area contributed by atoms with Crippen LogP contribution >= 0.6 is 0 Å². The summed E-state index contributed by atoms with van der Waals surface area (Å²) in [5.74, 6) is -1.29. The van der Waals surface area contributed by atoms with Gasteiger partial charge in [-0.1, -0.05) is 37.5 Å². The van der Waals surface area contributed by atoms with E-state index in [1.807, 2.05) is 31.3 Å². The molecular formula is C33H35N3O5. The zero-order valence-corrected chi connectivity index (χ0v) is 23.6. The number of rotatable bonds is 8. The first-order valence-electron chi connectivity index (χ1n) is 13.9. The lowest BCUT2D eigenvalue weighted by atomic mass is 9.82. The number of aliphatic carboxylic acids is 1. The molecule has 2 amide bonds. The van der Waals surface area contributed by atoms with Crippen molar-refractivity contribution in [2.24, 2.45) is 7.05 Å². The van der Waals surface area contributed by atoms with E-state index in [-0.39, 0.29) is 11.8 Å². The molecule has 0 radical (unpaired) electrons. The number of hydrogen-bond acceptors (Lipinski definition) is 4. The molecule has 4 aromatic rings. The van der Waals surface area contributed by atoms with E-state index in [0.29, 0.717) is 22.7 Å². The van der Waals surface area contributed by atoms with Crippen LogP contribution in [0.3, 0.4) is 0 Å². The predicted molar refractivity (Wildman–Crippen MR) is 160 cm³/mol. The predicted octanol–water partition coefficient (Wildman–Crippen LogP) is 6.73. The van der Waals surface area contributed by atoms with E-state index in [9.17, 15) is 14.4 Å². The fourth-order valence-corrected chi connectivity index (χ4v) is 5.70. The van der Waals surface area contributed by atoms with Crippen LogP contribution in [0.1, 0.15) is 73.4 Å². The van der Waals surface area contributed by atoms with Crippen LogP contribution in [0.5, 0.6) is 0 Å². The lowest BCUT2D eigenvalue weighted by Gasteiger charge is -2.25. The van der Waals surface area contributed by atoms with E-state index < -0.39 is 11.5 Å². The van der Waals surface area contributed by atoms with Crippen LogP contribution in [0.2, 0.25) is 0 Å². The standard InChI is InChI=1S/C33H35N3O5/c1-33(2,32(40)34-25-13-9-21(10-14-25)11-16-28(37)38)35-31(39)23-12-15-26-27(19-23)36(3)30(24-17-18-41-20-24)29(26)22-7-5-4-6-8-22/h9-20,22H,4-8H2,1-3H3,(H,34,40)(H,35,39)(H,37,38)/b16-11+. The molecule has 2 aromatic heterocycles. The number of nitrogens with zero attached hydrogens (tertiary/aromatic N) is 1. The monoisotopic (exact) mass is 553 g/mol. The molecule has 0 bridgehead atoms. The number of fused-ring (bicyclic) bond motifs is 1. The summed E-state index contributed by atoms with van der Waals surface area (Å²) in [5.41, 5.74) is 4.95. The Balaban J connectivity index is 1.37. The van der Waals surface area contributed by atoms with Crippen molar-refractivity contribution in [2.45, 2.75) is 57.4 Å². The molecule has 8 heteroatoms. The third kappa shape index (κ3) is 5.96. The number of carbonyl (C=O) groups is 3. The molecule has 0 aliphatic heterocycles. The molecule has 1 saturated carbocycles. The minimum absolute atomic E-state index is 0.341. The highest BCUT2D eigenvalue weighted by Gasteiger charge is 2.31. The summed E-state index contributed by atoms with van der Waals surface area (Å²) in [6.07, 6.45) is 12.0. The number of hydrogen-bond donors (Lipinski definition) is 3. The van der Waals surface area contributed by atoms with Crippen LogP contribution in [0.15, 0.2) is 71.6 Å². The Morgan fingerprint density at radius 1 is 1.02 bits per heavy atom. The average Bonchev–Trinajstić information content (AvgIpc) is 3.59. The van der Waals surface area contributed by atoms with Gasteiger partial charge in [0.1, 0.15) is 5.54 Å². The number of anilines is 1. The van der Waals surface area contributed by atoms with Crippen LogP contribution in [0.25, 0.3) is 28.2 Å². The number of benzene rings is 2. The van der Waals surface area contributed by atoms with Crippen LogP contribution in [-0.2, 0) is 16.6 Å². The molecule has 0 spiro atoms. The Bertz CT molecular complexity index is 1600. The summed E-state index contributed by atoms with van der Waals surface area (Å²) in [4.78, 5) is 37.2. The Hall–Kier alpha value is -4.59. The summed E-state index contributed by atoms with van der Waals surface area (Å²) in [5, 5.41) is 15.6. The fraction of sp³-hybridized carbons (Fsp3) is 0.303. The summed E-state index contributed by atoms with van der Waals surface area (Å²) in [7, 11) is 2.03. The minimum atomic E-state index is -1.20. The average molecular weight is 554 g/mol. The molecule has 2 heterocycles. The zero-order chi connectivity index (χ0) is 29.1. The van der Waals surface area contributed by atoms with E-state index >= 15 is 0 Å². The van der Waals surface area contributed by atoms with Crippen molar-refractivity contribution in [3.8, 4) is 11.3 Å². The molecule has 0 atom stereocenters. The van der Waals surface area contributed by atoms with Gasteiger partial charge in [0.15, 0.2) is 0 Å². The Labute approximate surface area is 239 Å². The van der Waals surface area contributed by atoms with Crippen LogP contribution in [0, 0.1) is 0 Å². The number of nitrogens with one attached hydrogen (secondary N) is 2. The Morgan fingerprint density at radius 3 is 2.41 bits per heavy atom. The van der Waals surface area contributed by atoms with Gasteiger partial charge in [-0.05, 0) is 80.1 Å². The van der Waals surface area contributed by atoms with E-state index in [0.717, 1.165) is 41.1 Å². The topological polar surface area (TPSA) is 114 Å². The van der Waals surface area contributed by atoms with Gasteiger partial charge in [-0.15, -0.1) is 0 Å². The quantitative estimate of drug-likeness (QED) is 0.209. The van der Waals surface area contributed by atoms with Crippen molar-refractivity contribution in [1.82, 2.24) is 9.88 Å². The van der Waals surface area contributed by atoms with E-state index in [1.165, 1.54) is 30.9 Å². The molecule has 212 valence electrons. The van der Waals surface area contributed by atoms with Crippen LogP contribution < -0.4 is 10.6 Å². The molecule has 41 heavy (non-hydrogen) atoms. The van der Waals surface area contributed by atoms with Crippen molar-refractivity contribution in [3.63, 3.8) is 0 Å². The normalized spacial score (nSPS) is 14.4. The SMILES string of the molecule is Cn1c(-c2ccoc2)c(C2CCCCC2)c2ccc(C(=O)NC(C)(C)C(=O)Nc3ccc(/C=C/C(=O)O)cc3)cc21. The van der Waals surface area contributed by atoms with Crippen molar-refractivity contribution in [3.05, 3.63) is 83.8 Å². The van der Waals surface area contributed by atoms with Gasteiger partial charge in [-0.3, -0.25) is 9.59 Å². The van der Waals surface area contributed by atoms with Gasteiger partial charge in [0, 0.05) is 40.8 Å². The van der Waals surface area contributed by atoms with Gasteiger partial charge >= 0.3 is 5.97 Å². The molecule has 1 fully saturated rings. The maximum atomic E-state index is 13.4. The second-order valence-corrected chi connectivity index (χ2v) is 11.2. The molecule has 8 nitrogen and oxygen atoms in total. The van der Waals surface area contributed by atoms with E-state index in [2.05, 4.69) is 15.2 Å². The minimum Gasteiger partial charge on any atom is -0.478 e. The zero-order valence-electron chi connectivity index (χ0n) is 23.6. The Kier molecular flexibility index (Phi) is 7.83. The first-order chi connectivity index (χ1) is 19.6. The summed E-state index contributed by atoms with van der Waals surface area (Å²) in [6.45, 7) is 3.31. The molecule has 5 rings (SSSR count). The van der Waals surface area contributed by atoms with Crippen molar-refractivity contribution < 1.29 is 23.9 Å². The van der Waals surface area contributed by atoms with Crippen molar-refractivity contribution in [1.29, 1.82) is 0 Å². The lowest BCUT2D eigenvalue weighted by molar-refractivity contribution is -0.131.